The molecular formula is C8H10N4OS. The van der Waals surface area contributed by atoms with Gasteiger partial charge < -0.3 is 10.3 Å². The molecule has 74 valence electrons. The Morgan fingerprint density at radius 1 is 1.43 bits per heavy atom. The Bertz CT molecular complexity index is 396. The molecule has 0 aliphatic carbocycles. The van der Waals surface area contributed by atoms with Crippen molar-refractivity contribution in [2.75, 3.05) is 0 Å². The van der Waals surface area contributed by atoms with Crippen LogP contribution in [0.25, 0.3) is 0 Å². The summed E-state index contributed by atoms with van der Waals surface area (Å²) in [5, 5.41) is 6.65. The van der Waals surface area contributed by atoms with Gasteiger partial charge in [-0.05, 0) is 6.92 Å². The molecule has 0 fully saturated rings. The van der Waals surface area contributed by atoms with Crippen molar-refractivity contribution in [3.63, 3.8) is 0 Å². The van der Waals surface area contributed by atoms with Crippen LogP contribution in [0.15, 0.2) is 9.90 Å². The molecule has 2 aromatic rings. The van der Waals surface area contributed by atoms with Gasteiger partial charge in [0.15, 0.2) is 5.82 Å². The maximum absolute atomic E-state index is 5.90. The van der Waals surface area contributed by atoms with Crippen LogP contribution in [0, 0.1) is 13.8 Å². The number of aryl methyl sites for hydroxylation is 2. The minimum absolute atomic E-state index is 0.391. The first-order chi connectivity index (χ1) is 6.66. The Labute approximate surface area is 85.0 Å². The number of nitrogens with zero attached hydrogens (tertiary/aromatic N) is 3. The van der Waals surface area contributed by atoms with Crippen LogP contribution in [0.3, 0.4) is 0 Å². The minimum Gasteiger partial charge on any atom is -0.340 e. The van der Waals surface area contributed by atoms with E-state index in [1.165, 1.54) is 0 Å². The number of hydrogen-bond acceptors (Lipinski definition) is 6. The van der Waals surface area contributed by atoms with E-state index in [0.717, 1.165) is 10.7 Å². The molecule has 0 radical (unpaired) electrons. The average molecular weight is 210 g/mol. The minimum atomic E-state index is -0.391. The molecule has 2 heterocycles. The molecule has 6 heteroatoms. The van der Waals surface area contributed by atoms with Gasteiger partial charge in [-0.2, -0.15) is 4.98 Å². The van der Waals surface area contributed by atoms with E-state index in [-0.39, 0.29) is 0 Å². The second-order valence-electron chi connectivity index (χ2n) is 2.94. The Morgan fingerprint density at radius 3 is 2.71 bits per heavy atom. The molecule has 1 unspecified atom stereocenters. The second kappa shape index (κ2) is 3.47. The maximum Gasteiger partial charge on any atom is 0.223 e. The standard InChI is InChI=1S/C8H10N4OS/c1-4-10-8(12-13-4)7(9)6-3-14-5(2)11-6/h3,7H,9H2,1-2H3. The van der Waals surface area contributed by atoms with E-state index in [1.54, 1.807) is 18.3 Å². The van der Waals surface area contributed by atoms with Crippen molar-refractivity contribution in [2.24, 2.45) is 5.73 Å². The van der Waals surface area contributed by atoms with Crippen LogP contribution in [0.1, 0.15) is 28.5 Å². The molecule has 2 aromatic heterocycles. The summed E-state index contributed by atoms with van der Waals surface area (Å²) in [6.45, 7) is 3.66. The van der Waals surface area contributed by atoms with Crippen LogP contribution < -0.4 is 5.73 Å². The molecule has 0 amide bonds. The molecule has 0 aliphatic rings. The fourth-order valence-electron chi connectivity index (χ4n) is 1.10. The zero-order valence-corrected chi connectivity index (χ0v) is 8.71. The lowest BCUT2D eigenvalue weighted by Gasteiger charge is -2.01. The van der Waals surface area contributed by atoms with E-state index in [1.807, 2.05) is 12.3 Å². The summed E-state index contributed by atoms with van der Waals surface area (Å²) in [6.07, 6.45) is 0. The fourth-order valence-corrected chi connectivity index (χ4v) is 1.75. The number of nitrogens with two attached hydrogens (primary N) is 1. The van der Waals surface area contributed by atoms with Gasteiger partial charge in [-0.15, -0.1) is 11.3 Å². The van der Waals surface area contributed by atoms with E-state index in [4.69, 9.17) is 10.3 Å². The Morgan fingerprint density at radius 2 is 2.21 bits per heavy atom. The summed E-state index contributed by atoms with van der Waals surface area (Å²) in [4.78, 5) is 8.33. The molecule has 1 atom stereocenters. The van der Waals surface area contributed by atoms with Crippen LogP contribution in [-0.2, 0) is 0 Å². The number of rotatable bonds is 2. The monoisotopic (exact) mass is 210 g/mol. The van der Waals surface area contributed by atoms with Gasteiger partial charge in [-0.1, -0.05) is 5.16 Å². The summed E-state index contributed by atoms with van der Waals surface area (Å²) >= 11 is 1.56. The van der Waals surface area contributed by atoms with E-state index < -0.39 is 6.04 Å². The molecule has 5 nitrogen and oxygen atoms in total. The fraction of sp³-hybridized carbons (Fsp3) is 0.375. The first kappa shape index (κ1) is 9.29. The highest BCUT2D eigenvalue weighted by molar-refractivity contribution is 7.09. The van der Waals surface area contributed by atoms with Crippen molar-refractivity contribution >= 4 is 11.3 Å². The molecule has 2 rings (SSSR count). The topological polar surface area (TPSA) is 77.8 Å². The molecule has 0 spiro atoms. The highest BCUT2D eigenvalue weighted by atomic mass is 32.1. The number of aromatic nitrogens is 3. The van der Waals surface area contributed by atoms with E-state index in [2.05, 4.69) is 15.1 Å². The molecule has 0 bridgehead atoms. The predicted molar refractivity (Wildman–Crippen MR) is 51.9 cm³/mol. The van der Waals surface area contributed by atoms with Crippen molar-refractivity contribution in [3.8, 4) is 0 Å². The smallest absolute Gasteiger partial charge is 0.223 e. The highest BCUT2D eigenvalue weighted by Gasteiger charge is 2.17. The lowest BCUT2D eigenvalue weighted by atomic mass is 10.2. The third-order valence-corrected chi connectivity index (χ3v) is 2.57. The van der Waals surface area contributed by atoms with E-state index in [0.29, 0.717) is 11.7 Å². The van der Waals surface area contributed by atoms with Crippen molar-refractivity contribution in [1.29, 1.82) is 0 Å². The zero-order valence-electron chi connectivity index (χ0n) is 7.89. The van der Waals surface area contributed by atoms with Gasteiger partial charge in [-0.3, -0.25) is 0 Å². The SMILES string of the molecule is Cc1nc(C(N)c2csc(C)n2)no1. The normalized spacial score (nSPS) is 13.1. The first-order valence-corrected chi connectivity index (χ1v) is 5.02. The second-order valence-corrected chi connectivity index (χ2v) is 4.00. The van der Waals surface area contributed by atoms with Crippen LogP contribution >= 0.6 is 11.3 Å². The Kier molecular flexibility index (Phi) is 2.30. The Balaban J connectivity index is 2.28. The average Bonchev–Trinajstić information content (AvgIpc) is 2.73. The molecule has 14 heavy (non-hydrogen) atoms. The molecular weight excluding hydrogens is 200 g/mol. The summed E-state index contributed by atoms with van der Waals surface area (Å²) in [5.74, 6) is 0.996. The van der Waals surface area contributed by atoms with E-state index in [9.17, 15) is 0 Å². The first-order valence-electron chi connectivity index (χ1n) is 4.14. The quantitative estimate of drug-likeness (QED) is 0.805. The summed E-state index contributed by atoms with van der Waals surface area (Å²) in [7, 11) is 0. The third-order valence-electron chi connectivity index (χ3n) is 1.78. The summed E-state index contributed by atoms with van der Waals surface area (Å²) in [6, 6.07) is -0.391. The molecule has 0 saturated heterocycles. The van der Waals surface area contributed by atoms with Gasteiger partial charge in [0.25, 0.3) is 0 Å². The van der Waals surface area contributed by atoms with Crippen LogP contribution in [0.5, 0.6) is 0 Å². The van der Waals surface area contributed by atoms with Crippen molar-refractivity contribution in [3.05, 3.63) is 27.8 Å². The van der Waals surface area contributed by atoms with Crippen molar-refractivity contribution in [2.45, 2.75) is 19.9 Å². The molecule has 0 aliphatic heterocycles. The van der Waals surface area contributed by atoms with Gasteiger partial charge in [0.1, 0.15) is 6.04 Å². The lowest BCUT2D eigenvalue weighted by molar-refractivity contribution is 0.385. The summed E-state index contributed by atoms with van der Waals surface area (Å²) < 4.78 is 4.85. The van der Waals surface area contributed by atoms with Crippen LogP contribution in [0.4, 0.5) is 0 Å². The van der Waals surface area contributed by atoms with Gasteiger partial charge in [0, 0.05) is 12.3 Å². The van der Waals surface area contributed by atoms with Gasteiger partial charge in [-0.25, -0.2) is 4.98 Å². The predicted octanol–water partition coefficient (Wildman–Crippen LogP) is 1.19. The molecule has 0 aromatic carbocycles. The van der Waals surface area contributed by atoms with Crippen molar-refractivity contribution in [1.82, 2.24) is 15.1 Å². The largest absolute Gasteiger partial charge is 0.340 e. The number of hydrogen-bond donors (Lipinski definition) is 1. The highest BCUT2D eigenvalue weighted by Crippen LogP contribution is 2.18. The van der Waals surface area contributed by atoms with Gasteiger partial charge in [0.05, 0.1) is 10.7 Å². The molecule has 2 N–H and O–H groups in total. The molecule has 0 saturated carbocycles. The number of thiazole rings is 1. The van der Waals surface area contributed by atoms with Crippen LogP contribution in [-0.4, -0.2) is 15.1 Å². The van der Waals surface area contributed by atoms with E-state index >= 15 is 0 Å². The summed E-state index contributed by atoms with van der Waals surface area (Å²) in [5.41, 5.74) is 6.69. The Hall–Kier alpha value is -1.27. The van der Waals surface area contributed by atoms with Crippen LogP contribution in [0.2, 0.25) is 0 Å². The van der Waals surface area contributed by atoms with Gasteiger partial charge in [0.2, 0.25) is 5.89 Å². The van der Waals surface area contributed by atoms with Gasteiger partial charge >= 0.3 is 0 Å². The lowest BCUT2D eigenvalue weighted by Crippen LogP contribution is -2.14. The third kappa shape index (κ3) is 1.66. The zero-order chi connectivity index (χ0) is 10.1. The maximum atomic E-state index is 5.90. The van der Waals surface area contributed by atoms with Crippen molar-refractivity contribution < 1.29 is 4.52 Å².